The van der Waals surface area contributed by atoms with Crippen molar-refractivity contribution in [1.29, 1.82) is 0 Å². The molecule has 2 heterocycles. The highest BCUT2D eigenvalue weighted by molar-refractivity contribution is 6.32. The number of benzene rings is 1. The van der Waals surface area contributed by atoms with Gasteiger partial charge < -0.3 is 19.8 Å². The monoisotopic (exact) mass is 351 g/mol. The number of halogens is 1. The average Bonchev–Trinajstić information content (AvgIpc) is 2.93. The Kier molecular flexibility index (Phi) is 5.21. The first-order chi connectivity index (χ1) is 11.5. The van der Waals surface area contributed by atoms with Crippen LogP contribution < -0.4 is 14.9 Å². The van der Waals surface area contributed by atoms with Crippen LogP contribution in [0.25, 0.3) is 0 Å². The SMILES string of the molecule is CCOc1cc(C2NN=C3CCN(C)CC32)cc(Cl)c1OC(C)C. The summed E-state index contributed by atoms with van der Waals surface area (Å²) in [4.78, 5) is 2.35. The van der Waals surface area contributed by atoms with Crippen LogP contribution in [0.4, 0.5) is 0 Å². The molecule has 0 aromatic heterocycles. The van der Waals surface area contributed by atoms with Crippen LogP contribution >= 0.6 is 11.6 Å². The molecule has 3 rings (SSSR count). The fourth-order valence-electron chi connectivity index (χ4n) is 3.39. The molecule has 5 nitrogen and oxygen atoms in total. The Morgan fingerprint density at radius 3 is 2.92 bits per heavy atom. The molecule has 1 aromatic rings. The lowest BCUT2D eigenvalue weighted by Gasteiger charge is -2.31. The van der Waals surface area contributed by atoms with Gasteiger partial charge >= 0.3 is 0 Å². The number of nitrogens with one attached hydrogen (secondary N) is 1. The summed E-state index contributed by atoms with van der Waals surface area (Å²) in [7, 11) is 2.16. The van der Waals surface area contributed by atoms with Gasteiger partial charge in [0.25, 0.3) is 0 Å². The van der Waals surface area contributed by atoms with Gasteiger partial charge in [0, 0.05) is 31.1 Å². The number of hydrogen-bond acceptors (Lipinski definition) is 5. The third-order valence-corrected chi connectivity index (χ3v) is 4.76. The summed E-state index contributed by atoms with van der Waals surface area (Å²) in [6, 6.07) is 4.15. The summed E-state index contributed by atoms with van der Waals surface area (Å²) in [6.07, 6.45) is 1.06. The zero-order chi connectivity index (χ0) is 17.3. The minimum absolute atomic E-state index is 0.0408. The molecule has 0 spiro atoms. The van der Waals surface area contributed by atoms with Crippen LogP contribution in [0.1, 0.15) is 38.8 Å². The summed E-state index contributed by atoms with van der Waals surface area (Å²) < 4.78 is 11.6. The van der Waals surface area contributed by atoms with Crippen molar-refractivity contribution in [2.24, 2.45) is 11.0 Å². The predicted molar refractivity (Wildman–Crippen MR) is 97.3 cm³/mol. The molecule has 2 unspecified atom stereocenters. The van der Waals surface area contributed by atoms with Crippen LogP contribution in [0, 0.1) is 5.92 Å². The molecule has 2 aliphatic heterocycles. The lowest BCUT2D eigenvalue weighted by atomic mass is 9.86. The van der Waals surface area contributed by atoms with Gasteiger partial charge in [-0.1, -0.05) is 11.6 Å². The minimum atomic E-state index is 0.0408. The van der Waals surface area contributed by atoms with E-state index in [0.29, 0.717) is 29.0 Å². The van der Waals surface area contributed by atoms with Gasteiger partial charge in [-0.25, -0.2) is 0 Å². The van der Waals surface area contributed by atoms with E-state index >= 15 is 0 Å². The Balaban J connectivity index is 1.91. The molecule has 2 atom stereocenters. The Labute approximate surface area is 149 Å². The maximum Gasteiger partial charge on any atom is 0.180 e. The molecule has 1 saturated heterocycles. The van der Waals surface area contributed by atoms with Gasteiger partial charge in [-0.05, 0) is 45.5 Å². The lowest BCUT2D eigenvalue weighted by Crippen LogP contribution is -2.39. The van der Waals surface area contributed by atoms with Gasteiger partial charge in [0.05, 0.1) is 23.8 Å². The molecule has 1 fully saturated rings. The van der Waals surface area contributed by atoms with Crippen molar-refractivity contribution in [3.05, 3.63) is 22.7 Å². The average molecular weight is 352 g/mol. The fraction of sp³-hybridized carbons (Fsp3) is 0.611. The van der Waals surface area contributed by atoms with Crippen molar-refractivity contribution >= 4 is 17.3 Å². The van der Waals surface area contributed by atoms with Crippen LogP contribution in [0.2, 0.25) is 5.02 Å². The Morgan fingerprint density at radius 2 is 2.21 bits per heavy atom. The summed E-state index contributed by atoms with van der Waals surface area (Å²) in [5, 5.41) is 5.14. The smallest absolute Gasteiger partial charge is 0.180 e. The molecular formula is C18H26ClN3O2. The van der Waals surface area contributed by atoms with Gasteiger partial charge in [0.2, 0.25) is 0 Å². The predicted octanol–water partition coefficient (Wildman–Crippen LogP) is 3.48. The summed E-state index contributed by atoms with van der Waals surface area (Å²) >= 11 is 6.52. The van der Waals surface area contributed by atoms with Crippen molar-refractivity contribution in [2.75, 3.05) is 26.7 Å². The Hall–Kier alpha value is -1.46. The van der Waals surface area contributed by atoms with E-state index in [0.717, 1.165) is 25.1 Å². The second-order valence-corrected chi connectivity index (χ2v) is 7.17. The van der Waals surface area contributed by atoms with Crippen LogP contribution in [-0.2, 0) is 0 Å². The van der Waals surface area contributed by atoms with E-state index in [1.165, 1.54) is 5.71 Å². The zero-order valence-corrected chi connectivity index (χ0v) is 15.6. The first-order valence-corrected chi connectivity index (χ1v) is 9.00. The van der Waals surface area contributed by atoms with Crippen molar-refractivity contribution in [3.63, 3.8) is 0 Å². The number of ether oxygens (including phenoxy) is 2. The molecule has 2 aliphatic rings. The Morgan fingerprint density at radius 1 is 1.42 bits per heavy atom. The van der Waals surface area contributed by atoms with E-state index in [-0.39, 0.29) is 12.1 Å². The molecule has 0 aliphatic carbocycles. The fourth-order valence-corrected chi connectivity index (χ4v) is 3.65. The van der Waals surface area contributed by atoms with E-state index in [9.17, 15) is 0 Å². The number of hydrogen-bond donors (Lipinski definition) is 1. The lowest BCUT2D eigenvalue weighted by molar-refractivity contribution is 0.223. The standard InChI is InChI=1S/C18H26ClN3O2/c1-5-23-16-9-12(8-14(19)18(16)24-11(2)3)17-13-10-22(4)7-6-15(13)20-21-17/h8-9,11,13,17,21H,5-7,10H2,1-4H3. The van der Waals surface area contributed by atoms with Crippen molar-refractivity contribution in [2.45, 2.75) is 39.3 Å². The minimum Gasteiger partial charge on any atom is -0.490 e. The number of likely N-dealkylation sites (tertiary alicyclic amines) is 1. The molecule has 132 valence electrons. The second-order valence-electron chi connectivity index (χ2n) is 6.76. The second kappa shape index (κ2) is 7.19. The quantitative estimate of drug-likeness (QED) is 0.882. The topological polar surface area (TPSA) is 46.1 Å². The summed E-state index contributed by atoms with van der Waals surface area (Å²) in [6.45, 7) is 8.57. The highest BCUT2D eigenvalue weighted by Gasteiger charge is 2.36. The number of fused-ring (bicyclic) bond motifs is 1. The molecule has 1 aromatic carbocycles. The van der Waals surface area contributed by atoms with E-state index < -0.39 is 0 Å². The largest absolute Gasteiger partial charge is 0.490 e. The third-order valence-electron chi connectivity index (χ3n) is 4.48. The number of nitrogens with zero attached hydrogens (tertiary/aromatic N) is 2. The van der Waals surface area contributed by atoms with Gasteiger partial charge in [-0.3, -0.25) is 0 Å². The number of hydrazone groups is 1. The molecule has 0 saturated carbocycles. The van der Waals surface area contributed by atoms with Crippen LogP contribution in [0.15, 0.2) is 17.2 Å². The first kappa shape index (κ1) is 17.4. The van der Waals surface area contributed by atoms with Crippen LogP contribution in [0.5, 0.6) is 11.5 Å². The molecule has 6 heteroatoms. The van der Waals surface area contributed by atoms with E-state index in [1.807, 2.05) is 32.9 Å². The van der Waals surface area contributed by atoms with Crippen molar-refractivity contribution < 1.29 is 9.47 Å². The van der Waals surface area contributed by atoms with Gasteiger partial charge in [0.1, 0.15) is 0 Å². The number of rotatable bonds is 5. The van der Waals surface area contributed by atoms with Crippen molar-refractivity contribution in [1.82, 2.24) is 10.3 Å². The highest BCUT2D eigenvalue weighted by atomic mass is 35.5. The normalized spacial score (nSPS) is 23.7. The summed E-state index contributed by atoms with van der Waals surface area (Å²) in [5.74, 6) is 1.71. The van der Waals surface area contributed by atoms with Gasteiger partial charge in [0.15, 0.2) is 11.5 Å². The zero-order valence-electron chi connectivity index (χ0n) is 14.8. The number of piperidine rings is 1. The first-order valence-electron chi connectivity index (χ1n) is 8.63. The van der Waals surface area contributed by atoms with E-state index in [2.05, 4.69) is 22.5 Å². The molecule has 24 heavy (non-hydrogen) atoms. The van der Waals surface area contributed by atoms with Crippen LogP contribution in [-0.4, -0.2) is 43.5 Å². The third kappa shape index (κ3) is 3.47. The Bertz CT molecular complexity index is 633. The highest BCUT2D eigenvalue weighted by Crippen LogP contribution is 2.41. The molecule has 1 N–H and O–H groups in total. The van der Waals surface area contributed by atoms with E-state index in [1.54, 1.807) is 0 Å². The molecular weight excluding hydrogens is 326 g/mol. The maximum absolute atomic E-state index is 6.52. The van der Waals surface area contributed by atoms with Crippen LogP contribution in [0.3, 0.4) is 0 Å². The molecule has 0 bridgehead atoms. The molecule has 0 amide bonds. The maximum atomic E-state index is 6.52. The summed E-state index contributed by atoms with van der Waals surface area (Å²) in [5.41, 5.74) is 5.65. The van der Waals surface area contributed by atoms with Gasteiger partial charge in [-0.15, -0.1) is 0 Å². The van der Waals surface area contributed by atoms with E-state index in [4.69, 9.17) is 21.1 Å². The van der Waals surface area contributed by atoms with Gasteiger partial charge in [-0.2, -0.15) is 5.10 Å². The van der Waals surface area contributed by atoms with Crippen molar-refractivity contribution in [3.8, 4) is 11.5 Å². The molecule has 0 radical (unpaired) electrons.